The first-order chi connectivity index (χ1) is 8.81. The number of benzene rings is 1. The highest BCUT2D eigenvalue weighted by molar-refractivity contribution is 5.25. The fourth-order valence-electron chi connectivity index (χ4n) is 2.12. The zero-order chi connectivity index (χ0) is 12.8. The average molecular weight is 241 g/mol. The van der Waals surface area contributed by atoms with Gasteiger partial charge in [0.05, 0.1) is 11.7 Å². The summed E-state index contributed by atoms with van der Waals surface area (Å²) in [6.45, 7) is 2.16. The Bertz CT molecular complexity index is 482. The third-order valence-corrected chi connectivity index (χ3v) is 3.25. The van der Waals surface area contributed by atoms with Gasteiger partial charge in [0.25, 0.3) is 0 Å². The number of rotatable bonds is 5. The molecule has 1 N–H and O–H groups in total. The summed E-state index contributed by atoms with van der Waals surface area (Å²) in [7, 11) is 1.97. The van der Waals surface area contributed by atoms with Crippen molar-refractivity contribution >= 4 is 0 Å². The SMILES string of the molecule is CNC(CCc1ccccc1C)c1cnccn1. The van der Waals surface area contributed by atoms with Crippen molar-refractivity contribution in [3.05, 3.63) is 59.7 Å². The Hall–Kier alpha value is -1.74. The van der Waals surface area contributed by atoms with E-state index in [1.165, 1.54) is 11.1 Å². The summed E-state index contributed by atoms with van der Waals surface area (Å²) in [5.41, 5.74) is 3.77. The van der Waals surface area contributed by atoms with E-state index in [4.69, 9.17) is 0 Å². The van der Waals surface area contributed by atoms with Gasteiger partial charge in [-0.3, -0.25) is 9.97 Å². The molecule has 3 heteroatoms. The molecule has 0 bridgehead atoms. The van der Waals surface area contributed by atoms with Gasteiger partial charge >= 0.3 is 0 Å². The lowest BCUT2D eigenvalue weighted by Gasteiger charge is -2.15. The summed E-state index contributed by atoms with van der Waals surface area (Å²) in [6, 6.07) is 8.79. The normalized spacial score (nSPS) is 12.3. The summed E-state index contributed by atoms with van der Waals surface area (Å²) in [6.07, 6.45) is 7.36. The van der Waals surface area contributed by atoms with Crippen LogP contribution in [0.3, 0.4) is 0 Å². The predicted octanol–water partition coefficient (Wildman–Crippen LogP) is 2.68. The van der Waals surface area contributed by atoms with Crippen LogP contribution in [0.4, 0.5) is 0 Å². The quantitative estimate of drug-likeness (QED) is 0.874. The molecule has 1 heterocycles. The molecule has 0 saturated heterocycles. The molecule has 0 fully saturated rings. The Morgan fingerprint density at radius 3 is 2.72 bits per heavy atom. The molecule has 0 aliphatic rings. The monoisotopic (exact) mass is 241 g/mol. The minimum atomic E-state index is 0.262. The van der Waals surface area contributed by atoms with Crippen LogP contribution >= 0.6 is 0 Å². The van der Waals surface area contributed by atoms with Crippen molar-refractivity contribution in [1.29, 1.82) is 0 Å². The van der Waals surface area contributed by atoms with Gasteiger partial charge in [-0.1, -0.05) is 24.3 Å². The van der Waals surface area contributed by atoms with E-state index in [1.54, 1.807) is 12.4 Å². The van der Waals surface area contributed by atoms with E-state index in [1.807, 2.05) is 13.2 Å². The smallest absolute Gasteiger partial charge is 0.0756 e. The van der Waals surface area contributed by atoms with Gasteiger partial charge in [0.1, 0.15) is 0 Å². The van der Waals surface area contributed by atoms with Gasteiger partial charge in [-0.15, -0.1) is 0 Å². The van der Waals surface area contributed by atoms with Gasteiger partial charge in [-0.25, -0.2) is 0 Å². The molecule has 94 valence electrons. The third-order valence-electron chi connectivity index (χ3n) is 3.25. The van der Waals surface area contributed by atoms with Crippen LogP contribution in [-0.4, -0.2) is 17.0 Å². The molecule has 1 unspecified atom stereocenters. The summed E-state index contributed by atoms with van der Waals surface area (Å²) in [5.74, 6) is 0. The lowest BCUT2D eigenvalue weighted by Crippen LogP contribution is -2.18. The highest BCUT2D eigenvalue weighted by Gasteiger charge is 2.11. The molecule has 0 aliphatic carbocycles. The minimum absolute atomic E-state index is 0.262. The van der Waals surface area contributed by atoms with Crippen LogP contribution in [-0.2, 0) is 6.42 Å². The molecule has 0 amide bonds. The van der Waals surface area contributed by atoms with Crippen molar-refractivity contribution in [3.8, 4) is 0 Å². The van der Waals surface area contributed by atoms with Crippen molar-refractivity contribution in [1.82, 2.24) is 15.3 Å². The number of hydrogen-bond acceptors (Lipinski definition) is 3. The molecule has 1 aromatic heterocycles. The highest BCUT2D eigenvalue weighted by atomic mass is 14.9. The van der Waals surface area contributed by atoms with Gasteiger partial charge in [0, 0.05) is 18.6 Å². The Morgan fingerprint density at radius 1 is 1.22 bits per heavy atom. The maximum atomic E-state index is 4.36. The standard InChI is InChI=1S/C15H19N3/c1-12-5-3-4-6-13(12)7-8-14(16-2)15-11-17-9-10-18-15/h3-6,9-11,14,16H,7-8H2,1-2H3. The maximum Gasteiger partial charge on any atom is 0.0756 e. The van der Waals surface area contributed by atoms with E-state index < -0.39 is 0 Å². The number of aromatic nitrogens is 2. The summed E-state index contributed by atoms with van der Waals surface area (Å²) in [4.78, 5) is 8.48. The van der Waals surface area contributed by atoms with Crippen LogP contribution in [0.1, 0.15) is 29.3 Å². The van der Waals surface area contributed by atoms with Crippen molar-refractivity contribution in [3.63, 3.8) is 0 Å². The molecule has 0 spiro atoms. The minimum Gasteiger partial charge on any atom is -0.312 e. The topological polar surface area (TPSA) is 37.8 Å². The van der Waals surface area contributed by atoms with Crippen LogP contribution in [0.2, 0.25) is 0 Å². The van der Waals surface area contributed by atoms with E-state index in [-0.39, 0.29) is 6.04 Å². The predicted molar refractivity (Wildman–Crippen MR) is 73.3 cm³/mol. The summed E-state index contributed by atoms with van der Waals surface area (Å²) in [5, 5.41) is 3.31. The van der Waals surface area contributed by atoms with Crippen LogP contribution in [0.25, 0.3) is 0 Å². The lowest BCUT2D eigenvalue weighted by atomic mass is 10.00. The molecular formula is C15H19N3. The van der Waals surface area contributed by atoms with Crippen molar-refractivity contribution in [2.75, 3.05) is 7.05 Å². The van der Waals surface area contributed by atoms with E-state index >= 15 is 0 Å². The second-order valence-electron chi connectivity index (χ2n) is 4.44. The van der Waals surface area contributed by atoms with Gasteiger partial charge in [-0.05, 0) is 37.9 Å². The number of nitrogens with one attached hydrogen (secondary N) is 1. The second kappa shape index (κ2) is 6.26. The number of hydrogen-bond donors (Lipinski definition) is 1. The number of aryl methyl sites for hydroxylation is 2. The zero-order valence-corrected chi connectivity index (χ0v) is 10.9. The first-order valence-corrected chi connectivity index (χ1v) is 6.29. The molecule has 1 atom stereocenters. The molecule has 0 radical (unpaired) electrons. The van der Waals surface area contributed by atoms with Gasteiger partial charge in [-0.2, -0.15) is 0 Å². The van der Waals surface area contributed by atoms with E-state index in [0.717, 1.165) is 18.5 Å². The van der Waals surface area contributed by atoms with Crippen LogP contribution in [0, 0.1) is 6.92 Å². The van der Waals surface area contributed by atoms with Gasteiger partial charge in [0.2, 0.25) is 0 Å². The molecule has 0 aliphatic heterocycles. The Kier molecular flexibility index (Phi) is 4.42. The highest BCUT2D eigenvalue weighted by Crippen LogP contribution is 2.17. The molecule has 2 aromatic rings. The summed E-state index contributed by atoms with van der Waals surface area (Å²) >= 11 is 0. The van der Waals surface area contributed by atoms with E-state index in [0.29, 0.717) is 0 Å². The van der Waals surface area contributed by atoms with Crippen LogP contribution in [0.5, 0.6) is 0 Å². The molecule has 18 heavy (non-hydrogen) atoms. The molecule has 0 saturated carbocycles. The number of nitrogens with zero attached hydrogens (tertiary/aromatic N) is 2. The van der Waals surface area contributed by atoms with Crippen LogP contribution in [0.15, 0.2) is 42.9 Å². The molecule has 2 rings (SSSR count). The first kappa shape index (κ1) is 12.7. The van der Waals surface area contributed by atoms with Gasteiger partial charge < -0.3 is 5.32 Å². The van der Waals surface area contributed by atoms with E-state index in [2.05, 4.69) is 46.5 Å². The van der Waals surface area contributed by atoms with Crippen molar-refractivity contribution < 1.29 is 0 Å². The maximum absolute atomic E-state index is 4.36. The van der Waals surface area contributed by atoms with Crippen molar-refractivity contribution in [2.24, 2.45) is 0 Å². The Balaban J connectivity index is 2.02. The first-order valence-electron chi connectivity index (χ1n) is 6.29. The Labute approximate surface area is 108 Å². The fraction of sp³-hybridized carbons (Fsp3) is 0.333. The molecule has 1 aromatic carbocycles. The lowest BCUT2D eigenvalue weighted by molar-refractivity contribution is 0.533. The fourth-order valence-corrected chi connectivity index (χ4v) is 2.12. The van der Waals surface area contributed by atoms with Crippen LogP contribution < -0.4 is 5.32 Å². The van der Waals surface area contributed by atoms with E-state index in [9.17, 15) is 0 Å². The molecular weight excluding hydrogens is 222 g/mol. The average Bonchev–Trinajstić information content (AvgIpc) is 2.42. The van der Waals surface area contributed by atoms with Crippen molar-refractivity contribution in [2.45, 2.75) is 25.8 Å². The summed E-state index contributed by atoms with van der Waals surface area (Å²) < 4.78 is 0. The largest absolute Gasteiger partial charge is 0.312 e. The second-order valence-corrected chi connectivity index (χ2v) is 4.44. The van der Waals surface area contributed by atoms with Gasteiger partial charge in [0.15, 0.2) is 0 Å². The Morgan fingerprint density at radius 2 is 2.06 bits per heavy atom. The zero-order valence-electron chi connectivity index (χ0n) is 10.9. The molecule has 3 nitrogen and oxygen atoms in total. The third kappa shape index (κ3) is 3.14.